The lowest BCUT2D eigenvalue weighted by molar-refractivity contribution is -0.126. The fourth-order valence-electron chi connectivity index (χ4n) is 2.59. The zero-order chi connectivity index (χ0) is 15.5. The highest BCUT2D eigenvalue weighted by Crippen LogP contribution is 2.29. The van der Waals surface area contributed by atoms with Crippen LogP contribution in [0.15, 0.2) is 24.3 Å². The Kier molecular flexibility index (Phi) is 4.63. The predicted molar refractivity (Wildman–Crippen MR) is 80.3 cm³/mol. The first kappa shape index (κ1) is 15.5. The van der Waals surface area contributed by atoms with Crippen LogP contribution < -0.4 is 10.5 Å². The standard InChI is InChI=1S/C16H22N2O3/c1-3-21-13-6-4-12(5-7-13)14(19)10-18-9-8-16(2,11-18)15(17)20/h4-7H,3,8-11H2,1-2H3,(H2,17,20). The summed E-state index contributed by atoms with van der Waals surface area (Å²) >= 11 is 0. The number of hydrogen-bond donors (Lipinski definition) is 1. The van der Waals surface area contributed by atoms with E-state index in [0.717, 1.165) is 12.3 Å². The molecule has 1 saturated heterocycles. The summed E-state index contributed by atoms with van der Waals surface area (Å²) in [4.78, 5) is 25.7. The molecule has 1 unspecified atom stereocenters. The van der Waals surface area contributed by atoms with Gasteiger partial charge in [0.2, 0.25) is 5.91 Å². The number of ketones is 1. The van der Waals surface area contributed by atoms with Gasteiger partial charge < -0.3 is 10.5 Å². The van der Waals surface area contributed by atoms with Crippen molar-refractivity contribution in [2.45, 2.75) is 20.3 Å². The first-order valence-electron chi connectivity index (χ1n) is 7.23. The Morgan fingerprint density at radius 3 is 2.52 bits per heavy atom. The van der Waals surface area contributed by atoms with Crippen LogP contribution in [-0.2, 0) is 4.79 Å². The van der Waals surface area contributed by atoms with Gasteiger partial charge in [-0.15, -0.1) is 0 Å². The molecule has 1 aliphatic rings. The molecule has 1 atom stereocenters. The molecule has 1 aromatic rings. The number of likely N-dealkylation sites (tertiary alicyclic amines) is 1. The summed E-state index contributed by atoms with van der Waals surface area (Å²) in [5.41, 5.74) is 5.56. The number of ether oxygens (including phenoxy) is 1. The third-order valence-corrected chi connectivity index (χ3v) is 4.00. The van der Waals surface area contributed by atoms with Gasteiger partial charge in [0.15, 0.2) is 5.78 Å². The number of rotatable bonds is 6. The number of benzene rings is 1. The van der Waals surface area contributed by atoms with Gasteiger partial charge in [0, 0.05) is 12.1 Å². The number of carbonyl (C=O) groups is 2. The van der Waals surface area contributed by atoms with Gasteiger partial charge in [0.1, 0.15) is 5.75 Å². The van der Waals surface area contributed by atoms with Gasteiger partial charge in [-0.3, -0.25) is 14.5 Å². The van der Waals surface area contributed by atoms with Crippen LogP contribution in [-0.4, -0.2) is 42.8 Å². The molecule has 0 radical (unpaired) electrons. The molecule has 1 fully saturated rings. The van der Waals surface area contributed by atoms with Crippen molar-refractivity contribution >= 4 is 11.7 Å². The zero-order valence-corrected chi connectivity index (χ0v) is 12.6. The molecule has 1 heterocycles. The highest BCUT2D eigenvalue weighted by molar-refractivity contribution is 5.97. The van der Waals surface area contributed by atoms with Crippen molar-refractivity contribution in [3.05, 3.63) is 29.8 Å². The monoisotopic (exact) mass is 290 g/mol. The Bertz CT molecular complexity index is 527. The summed E-state index contributed by atoms with van der Waals surface area (Å²) < 4.78 is 5.35. The van der Waals surface area contributed by atoms with Crippen molar-refractivity contribution < 1.29 is 14.3 Å². The average Bonchev–Trinajstić information content (AvgIpc) is 2.83. The van der Waals surface area contributed by atoms with E-state index in [2.05, 4.69) is 0 Å². The van der Waals surface area contributed by atoms with Gasteiger partial charge >= 0.3 is 0 Å². The van der Waals surface area contributed by atoms with E-state index in [4.69, 9.17) is 10.5 Å². The molecule has 5 heteroatoms. The van der Waals surface area contributed by atoms with E-state index in [1.54, 1.807) is 24.3 Å². The number of Topliss-reactive ketones (excluding diaryl/α,β-unsaturated/α-hetero) is 1. The second-order valence-corrected chi connectivity index (χ2v) is 5.77. The molecule has 5 nitrogen and oxygen atoms in total. The van der Waals surface area contributed by atoms with E-state index in [-0.39, 0.29) is 11.7 Å². The zero-order valence-electron chi connectivity index (χ0n) is 12.6. The molecule has 0 bridgehead atoms. The molecule has 0 aliphatic carbocycles. The summed E-state index contributed by atoms with van der Waals surface area (Å²) in [6.45, 7) is 5.97. The van der Waals surface area contributed by atoms with E-state index in [0.29, 0.717) is 31.7 Å². The van der Waals surface area contributed by atoms with Crippen molar-refractivity contribution in [1.29, 1.82) is 0 Å². The molecule has 1 aliphatic heterocycles. The first-order valence-corrected chi connectivity index (χ1v) is 7.23. The quantitative estimate of drug-likeness (QED) is 0.805. The molecular weight excluding hydrogens is 268 g/mol. The van der Waals surface area contributed by atoms with Crippen LogP contribution in [0.3, 0.4) is 0 Å². The van der Waals surface area contributed by atoms with Crippen LogP contribution in [0.25, 0.3) is 0 Å². The van der Waals surface area contributed by atoms with Gasteiger partial charge in [0.05, 0.1) is 18.6 Å². The van der Waals surface area contributed by atoms with Crippen molar-refractivity contribution in [1.82, 2.24) is 4.90 Å². The fraction of sp³-hybridized carbons (Fsp3) is 0.500. The van der Waals surface area contributed by atoms with Crippen LogP contribution in [0.1, 0.15) is 30.6 Å². The van der Waals surface area contributed by atoms with Crippen molar-refractivity contribution in [3.8, 4) is 5.75 Å². The highest BCUT2D eigenvalue weighted by Gasteiger charge is 2.39. The van der Waals surface area contributed by atoms with Crippen LogP contribution >= 0.6 is 0 Å². The van der Waals surface area contributed by atoms with Crippen molar-refractivity contribution in [2.75, 3.05) is 26.2 Å². The maximum absolute atomic E-state index is 12.3. The number of nitrogens with two attached hydrogens (primary N) is 1. The average molecular weight is 290 g/mol. The van der Waals surface area contributed by atoms with Crippen molar-refractivity contribution in [2.24, 2.45) is 11.1 Å². The van der Waals surface area contributed by atoms with Crippen molar-refractivity contribution in [3.63, 3.8) is 0 Å². The Morgan fingerprint density at radius 1 is 1.33 bits per heavy atom. The van der Waals surface area contributed by atoms with Gasteiger partial charge in [-0.05, 0) is 51.1 Å². The predicted octanol–water partition coefficient (Wildman–Crippen LogP) is 1.47. The molecule has 1 aromatic carbocycles. The molecule has 21 heavy (non-hydrogen) atoms. The summed E-state index contributed by atoms with van der Waals surface area (Å²) in [6.07, 6.45) is 0.707. The molecule has 0 spiro atoms. The topological polar surface area (TPSA) is 72.6 Å². The van der Waals surface area contributed by atoms with E-state index >= 15 is 0 Å². The maximum atomic E-state index is 12.3. The Balaban J connectivity index is 1.94. The second kappa shape index (κ2) is 6.26. The minimum atomic E-state index is -0.515. The maximum Gasteiger partial charge on any atom is 0.224 e. The third kappa shape index (κ3) is 3.61. The lowest BCUT2D eigenvalue weighted by atomic mass is 9.89. The number of hydrogen-bond acceptors (Lipinski definition) is 4. The minimum Gasteiger partial charge on any atom is -0.494 e. The Labute approximate surface area is 125 Å². The molecule has 2 rings (SSSR count). The molecule has 114 valence electrons. The third-order valence-electron chi connectivity index (χ3n) is 4.00. The fourth-order valence-corrected chi connectivity index (χ4v) is 2.59. The molecular formula is C16H22N2O3. The van der Waals surface area contributed by atoms with E-state index < -0.39 is 5.41 Å². The van der Waals surface area contributed by atoms with E-state index in [9.17, 15) is 9.59 Å². The van der Waals surface area contributed by atoms with Gasteiger partial charge in [0.25, 0.3) is 0 Å². The van der Waals surface area contributed by atoms with Gasteiger partial charge in [-0.1, -0.05) is 0 Å². The second-order valence-electron chi connectivity index (χ2n) is 5.77. The normalized spacial score (nSPS) is 22.2. The Hall–Kier alpha value is -1.88. The minimum absolute atomic E-state index is 0.0479. The van der Waals surface area contributed by atoms with E-state index in [1.807, 2.05) is 18.7 Å². The first-order chi connectivity index (χ1) is 9.94. The summed E-state index contributed by atoms with van der Waals surface area (Å²) in [7, 11) is 0. The Morgan fingerprint density at radius 2 is 2.00 bits per heavy atom. The van der Waals surface area contributed by atoms with Gasteiger partial charge in [-0.2, -0.15) is 0 Å². The summed E-state index contributed by atoms with van der Waals surface area (Å²) in [5, 5.41) is 0. The highest BCUT2D eigenvalue weighted by atomic mass is 16.5. The lowest BCUT2D eigenvalue weighted by Crippen LogP contribution is -2.38. The van der Waals surface area contributed by atoms with E-state index in [1.165, 1.54) is 0 Å². The number of carbonyl (C=O) groups excluding carboxylic acids is 2. The van der Waals surface area contributed by atoms with Crippen LogP contribution in [0, 0.1) is 5.41 Å². The lowest BCUT2D eigenvalue weighted by Gasteiger charge is -2.20. The molecule has 0 aromatic heterocycles. The molecule has 2 N–H and O–H groups in total. The van der Waals surface area contributed by atoms with Gasteiger partial charge in [-0.25, -0.2) is 0 Å². The smallest absolute Gasteiger partial charge is 0.224 e. The van der Waals surface area contributed by atoms with Crippen LogP contribution in [0.4, 0.5) is 0 Å². The SMILES string of the molecule is CCOc1ccc(C(=O)CN2CCC(C)(C(N)=O)C2)cc1. The number of primary amides is 1. The van der Waals surface area contributed by atoms with Crippen LogP contribution in [0.2, 0.25) is 0 Å². The number of amides is 1. The molecule has 0 saturated carbocycles. The largest absolute Gasteiger partial charge is 0.494 e. The molecule has 1 amide bonds. The summed E-state index contributed by atoms with van der Waals surface area (Å²) in [6, 6.07) is 7.15. The number of nitrogens with zero attached hydrogens (tertiary/aromatic N) is 1. The summed E-state index contributed by atoms with van der Waals surface area (Å²) in [5.74, 6) is 0.516. The van der Waals surface area contributed by atoms with Crippen LogP contribution in [0.5, 0.6) is 5.75 Å².